The summed E-state index contributed by atoms with van der Waals surface area (Å²) in [5, 5.41) is 15.6. The summed E-state index contributed by atoms with van der Waals surface area (Å²) in [7, 11) is 0. The van der Waals surface area contributed by atoms with Crippen LogP contribution in [0, 0.1) is 0 Å². The van der Waals surface area contributed by atoms with E-state index < -0.39 is 0 Å². The number of benzene rings is 3. The second-order valence-electron chi connectivity index (χ2n) is 6.81. The van der Waals surface area contributed by atoms with E-state index in [1.807, 2.05) is 66.7 Å². The molecule has 0 saturated heterocycles. The van der Waals surface area contributed by atoms with E-state index in [-0.39, 0.29) is 6.61 Å². The quantitative estimate of drug-likeness (QED) is 0.316. The molecule has 4 aromatic rings. The molecule has 0 atom stereocenters. The minimum atomic E-state index is 0.132. The van der Waals surface area contributed by atoms with Crippen molar-refractivity contribution in [3.8, 4) is 22.5 Å². The molecule has 0 fully saturated rings. The molecular formula is C24H22N4OS. The maximum absolute atomic E-state index is 8.89. The number of rotatable bonds is 6. The Balaban J connectivity index is 1.73. The molecule has 5 nitrogen and oxygen atoms in total. The zero-order chi connectivity index (χ0) is 20.8. The van der Waals surface area contributed by atoms with Gasteiger partial charge in [0.25, 0.3) is 0 Å². The molecule has 0 spiro atoms. The lowest BCUT2D eigenvalue weighted by molar-refractivity contribution is 0.289. The van der Waals surface area contributed by atoms with E-state index in [4.69, 9.17) is 27.3 Å². The minimum Gasteiger partial charge on any atom is -0.396 e. The molecule has 0 bridgehead atoms. The van der Waals surface area contributed by atoms with Crippen LogP contribution in [0.1, 0.15) is 6.42 Å². The normalized spacial score (nSPS) is 10.7. The van der Waals surface area contributed by atoms with Crippen molar-refractivity contribution in [1.82, 2.24) is 15.3 Å². The van der Waals surface area contributed by atoms with E-state index >= 15 is 0 Å². The van der Waals surface area contributed by atoms with Gasteiger partial charge in [0.2, 0.25) is 0 Å². The Kier molecular flexibility index (Phi) is 6.27. The largest absolute Gasteiger partial charge is 0.396 e. The lowest BCUT2D eigenvalue weighted by Gasteiger charge is -2.13. The highest BCUT2D eigenvalue weighted by Crippen LogP contribution is 2.31. The number of aliphatic hydroxyl groups is 1. The number of fused-ring (bicyclic) bond motifs is 1. The standard InChI is InChI=1S/C24H22N4OS/c29-15-7-14-25-24(30)26-19-12-13-20-21(16-19)28-23(18-10-5-2-6-11-18)22(27-20)17-8-3-1-4-9-17/h1-6,8-13,16,29H,7,14-15H2,(H2,25,26,30). The predicted octanol–water partition coefficient (Wildman–Crippen LogP) is 4.63. The summed E-state index contributed by atoms with van der Waals surface area (Å²) in [5.74, 6) is 0. The molecule has 30 heavy (non-hydrogen) atoms. The summed E-state index contributed by atoms with van der Waals surface area (Å²) in [6.07, 6.45) is 0.647. The third kappa shape index (κ3) is 4.62. The molecule has 3 N–H and O–H groups in total. The van der Waals surface area contributed by atoms with Gasteiger partial charge < -0.3 is 15.7 Å². The van der Waals surface area contributed by atoms with Gasteiger partial charge >= 0.3 is 0 Å². The van der Waals surface area contributed by atoms with Gasteiger partial charge in [0.1, 0.15) is 0 Å². The van der Waals surface area contributed by atoms with Crippen molar-refractivity contribution in [2.24, 2.45) is 0 Å². The fraction of sp³-hybridized carbons (Fsp3) is 0.125. The van der Waals surface area contributed by atoms with Crippen molar-refractivity contribution in [3.05, 3.63) is 78.9 Å². The third-order valence-corrected chi connectivity index (χ3v) is 4.88. The maximum atomic E-state index is 8.89. The molecule has 3 aromatic carbocycles. The van der Waals surface area contributed by atoms with E-state index in [0.717, 1.165) is 39.2 Å². The lowest BCUT2D eigenvalue weighted by Crippen LogP contribution is -2.29. The Morgan fingerprint density at radius 3 is 2.00 bits per heavy atom. The SMILES string of the molecule is OCCCNC(=S)Nc1ccc2nc(-c3ccccc3)c(-c3ccccc3)nc2c1. The number of hydrogen-bond donors (Lipinski definition) is 3. The van der Waals surface area contributed by atoms with Gasteiger partial charge in [0.05, 0.1) is 22.4 Å². The van der Waals surface area contributed by atoms with E-state index in [9.17, 15) is 0 Å². The molecule has 6 heteroatoms. The van der Waals surface area contributed by atoms with Crippen LogP contribution in [0.25, 0.3) is 33.5 Å². The Hall–Kier alpha value is -3.35. The van der Waals surface area contributed by atoms with Crippen LogP contribution in [0.3, 0.4) is 0 Å². The topological polar surface area (TPSA) is 70.1 Å². The molecule has 0 aliphatic carbocycles. The summed E-state index contributed by atoms with van der Waals surface area (Å²) < 4.78 is 0. The molecule has 1 heterocycles. The van der Waals surface area contributed by atoms with Gasteiger partial charge in [-0.3, -0.25) is 0 Å². The van der Waals surface area contributed by atoms with Crippen LogP contribution in [0.4, 0.5) is 5.69 Å². The monoisotopic (exact) mass is 414 g/mol. The van der Waals surface area contributed by atoms with Crippen molar-refractivity contribution < 1.29 is 5.11 Å². The Bertz CT molecular complexity index is 1150. The summed E-state index contributed by atoms with van der Waals surface area (Å²) in [6.45, 7) is 0.751. The third-order valence-electron chi connectivity index (χ3n) is 4.64. The van der Waals surface area contributed by atoms with E-state index in [1.54, 1.807) is 0 Å². The van der Waals surface area contributed by atoms with Crippen molar-refractivity contribution in [2.45, 2.75) is 6.42 Å². The summed E-state index contributed by atoms with van der Waals surface area (Å²) in [4.78, 5) is 9.90. The van der Waals surface area contributed by atoms with Gasteiger partial charge in [-0.2, -0.15) is 0 Å². The first-order valence-corrected chi connectivity index (χ1v) is 10.2. The first-order valence-electron chi connectivity index (χ1n) is 9.83. The molecule has 0 radical (unpaired) electrons. The van der Waals surface area contributed by atoms with Gasteiger partial charge in [-0.1, -0.05) is 60.7 Å². The zero-order valence-electron chi connectivity index (χ0n) is 16.4. The number of nitrogens with one attached hydrogen (secondary N) is 2. The Labute approximate surface area is 180 Å². The van der Waals surface area contributed by atoms with Crippen molar-refractivity contribution in [1.29, 1.82) is 0 Å². The van der Waals surface area contributed by atoms with Crippen LogP contribution in [-0.2, 0) is 0 Å². The minimum absolute atomic E-state index is 0.132. The molecule has 0 amide bonds. The van der Waals surface area contributed by atoms with Gasteiger partial charge in [-0.15, -0.1) is 0 Å². The second-order valence-corrected chi connectivity index (χ2v) is 7.22. The molecule has 0 unspecified atom stereocenters. The van der Waals surface area contributed by atoms with Crippen LogP contribution in [-0.4, -0.2) is 33.3 Å². The summed E-state index contributed by atoms with van der Waals surface area (Å²) >= 11 is 5.32. The van der Waals surface area contributed by atoms with Crippen LogP contribution >= 0.6 is 12.2 Å². The van der Waals surface area contributed by atoms with Gasteiger partial charge in [-0.05, 0) is 36.8 Å². The van der Waals surface area contributed by atoms with E-state index in [1.165, 1.54) is 0 Å². The van der Waals surface area contributed by atoms with Crippen LogP contribution < -0.4 is 10.6 Å². The zero-order valence-corrected chi connectivity index (χ0v) is 17.2. The highest BCUT2D eigenvalue weighted by Gasteiger charge is 2.13. The molecule has 0 aliphatic heterocycles. The predicted molar refractivity (Wildman–Crippen MR) is 126 cm³/mol. The van der Waals surface area contributed by atoms with Gasteiger partial charge in [-0.25, -0.2) is 9.97 Å². The molecule has 1 aromatic heterocycles. The van der Waals surface area contributed by atoms with Crippen molar-refractivity contribution >= 4 is 34.1 Å². The lowest BCUT2D eigenvalue weighted by atomic mass is 10.0. The molecule has 4 rings (SSSR count). The van der Waals surface area contributed by atoms with Crippen molar-refractivity contribution in [3.63, 3.8) is 0 Å². The molecular weight excluding hydrogens is 392 g/mol. The number of thiocarbonyl (C=S) groups is 1. The fourth-order valence-corrected chi connectivity index (χ4v) is 3.40. The Morgan fingerprint density at radius 2 is 1.40 bits per heavy atom. The second kappa shape index (κ2) is 9.43. The number of aromatic nitrogens is 2. The van der Waals surface area contributed by atoms with Gasteiger partial charge in [0, 0.05) is 30.0 Å². The summed E-state index contributed by atoms with van der Waals surface area (Å²) in [5.41, 5.74) is 6.19. The maximum Gasteiger partial charge on any atom is 0.170 e. The highest BCUT2D eigenvalue weighted by atomic mass is 32.1. The summed E-state index contributed by atoms with van der Waals surface area (Å²) in [6, 6.07) is 26.0. The highest BCUT2D eigenvalue weighted by molar-refractivity contribution is 7.80. The number of anilines is 1. The van der Waals surface area contributed by atoms with Crippen LogP contribution in [0.2, 0.25) is 0 Å². The molecule has 150 valence electrons. The van der Waals surface area contributed by atoms with Gasteiger partial charge in [0.15, 0.2) is 5.11 Å². The number of nitrogens with zero attached hydrogens (tertiary/aromatic N) is 2. The molecule has 0 saturated carbocycles. The molecule has 0 aliphatic rings. The van der Waals surface area contributed by atoms with E-state index in [2.05, 4.69) is 22.8 Å². The average Bonchev–Trinajstić information content (AvgIpc) is 2.79. The smallest absolute Gasteiger partial charge is 0.170 e. The first kappa shape index (κ1) is 19.9. The number of hydrogen-bond acceptors (Lipinski definition) is 4. The van der Waals surface area contributed by atoms with E-state index in [0.29, 0.717) is 18.1 Å². The van der Waals surface area contributed by atoms with Crippen molar-refractivity contribution in [2.75, 3.05) is 18.5 Å². The number of aliphatic hydroxyl groups excluding tert-OH is 1. The average molecular weight is 415 g/mol. The first-order chi connectivity index (χ1) is 14.7. The van der Waals surface area contributed by atoms with Crippen LogP contribution in [0.5, 0.6) is 0 Å². The Morgan fingerprint density at radius 1 is 0.800 bits per heavy atom. The van der Waals surface area contributed by atoms with Crippen LogP contribution in [0.15, 0.2) is 78.9 Å². The fourth-order valence-electron chi connectivity index (χ4n) is 3.18.